The molecule has 2 aliphatic rings. The summed E-state index contributed by atoms with van der Waals surface area (Å²) in [5, 5.41) is 0. The second-order valence-electron chi connectivity index (χ2n) is 8.94. The van der Waals surface area contributed by atoms with Gasteiger partial charge in [0.1, 0.15) is 17.7 Å². The van der Waals surface area contributed by atoms with Gasteiger partial charge in [-0.05, 0) is 74.8 Å². The van der Waals surface area contributed by atoms with Crippen LogP contribution in [0.1, 0.15) is 53.3 Å². The van der Waals surface area contributed by atoms with Crippen molar-refractivity contribution in [3.05, 3.63) is 101 Å². The van der Waals surface area contributed by atoms with Gasteiger partial charge in [-0.2, -0.15) is 0 Å². The number of para-hydroxylation sites is 1. The first-order valence-electron chi connectivity index (χ1n) is 11.5. The normalized spacial score (nSPS) is 19.5. The highest BCUT2D eigenvalue weighted by atomic mass is 19.1. The summed E-state index contributed by atoms with van der Waals surface area (Å²) in [4.78, 5) is 14.8. The van der Waals surface area contributed by atoms with E-state index in [4.69, 9.17) is 4.74 Å². The summed E-state index contributed by atoms with van der Waals surface area (Å²) in [6, 6.07) is 24.9. The predicted octanol–water partition coefficient (Wildman–Crippen LogP) is 5.96. The van der Waals surface area contributed by atoms with Crippen molar-refractivity contribution in [3.63, 3.8) is 0 Å². The van der Waals surface area contributed by atoms with Crippen LogP contribution in [0.15, 0.2) is 78.9 Å². The first-order chi connectivity index (χ1) is 15.7. The molecular weight excluding hydrogens is 401 g/mol. The number of carbonyl (C=O) groups is 1. The zero-order chi connectivity index (χ0) is 22.0. The van der Waals surface area contributed by atoms with Gasteiger partial charge in [0, 0.05) is 23.0 Å². The number of fused-ring (bicyclic) bond motifs is 2. The molecule has 0 bridgehead atoms. The third-order valence-corrected chi connectivity index (χ3v) is 7.07. The number of ketones is 1. The topological polar surface area (TPSA) is 29.5 Å². The van der Waals surface area contributed by atoms with Gasteiger partial charge in [0.05, 0.1) is 0 Å². The summed E-state index contributed by atoms with van der Waals surface area (Å²) in [5.41, 5.74) is 3.16. The zero-order valence-corrected chi connectivity index (χ0v) is 18.2. The van der Waals surface area contributed by atoms with Crippen LogP contribution in [0.3, 0.4) is 0 Å². The summed E-state index contributed by atoms with van der Waals surface area (Å²) in [7, 11) is 0. The van der Waals surface area contributed by atoms with Gasteiger partial charge < -0.3 is 9.64 Å². The number of carbonyl (C=O) groups excluding carboxylic acids is 1. The number of halogens is 1. The summed E-state index contributed by atoms with van der Waals surface area (Å²) in [6.07, 6.45) is 3.43. The highest BCUT2D eigenvalue weighted by molar-refractivity contribution is 5.95. The summed E-state index contributed by atoms with van der Waals surface area (Å²) in [6.45, 7) is 2.89. The van der Waals surface area contributed by atoms with Crippen molar-refractivity contribution >= 4 is 5.78 Å². The molecule has 3 nitrogen and oxygen atoms in total. The minimum Gasteiger partial charge on any atom is -0.484 e. The lowest BCUT2D eigenvalue weighted by molar-refractivity contribution is 0.0748. The van der Waals surface area contributed by atoms with Crippen LogP contribution in [-0.2, 0) is 5.41 Å². The molecule has 0 radical (unpaired) electrons. The largest absolute Gasteiger partial charge is 0.484 e. The van der Waals surface area contributed by atoms with Gasteiger partial charge in [-0.15, -0.1) is 0 Å². The molecule has 1 atom stereocenters. The van der Waals surface area contributed by atoms with Gasteiger partial charge in [0.15, 0.2) is 5.78 Å². The quantitative estimate of drug-likeness (QED) is 0.453. The molecule has 32 heavy (non-hydrogen) atoms. The van der Waals surface area contributed by atoms with Crippen molar-refractivity contribution in [1.82, 2.24) is 4.90 Å². The second kappa shape index (κ2) is 8.87. The molecule has 1 spiro atoms. The fourth-order valence-corrected chi connectivity index (χ4v) is 5.33. The Hall–Kier alpha value is -2.98. The van der Waals surface area contributed by atoms with E-state index in [1.54, 1.807) is 12.1 Å². The number of Topliss-reactive ketones (excluding diaryl/α,β-unsaturated/α-hetero) is 1. The number of likely N-dealkylation sites (tertiary alicyclic amines) is 1. The Morgan fingerprint density at radius 1 is 0.938 bits per heavy atom. The summed E-state index contributed by atoms with van der Waals surface area (Å²) in [5.74, 6) is 0.788. The van der Waals surface area contributed by atoms with Gasteiger partial charge in [-0.1, -0.05) is 48.5 Å². The smallest absolute Gasteiger partial charge is 0.162 e. The monoisotopic (exact) mass is 429 g/mol. The maximum absolute atomic E-state index is 13.1. The molecule has 0 aromatic heterocycles. The van der Waals surface area contributed by atoms with E-state index in [0.29, 0.717) is 12.0 Å². The Labute approximate surface area is 188 Å². The van der Waals surface area contributed by atoms with Crippen LogP contribution in [0.5, 0.6) is 5.75 Å². The maximum atomic E-state index is 13.1. The molecule has 4 heteroatoms. The van der Waals surface area contributed by atoms with E-state index in [-0.39, 0.29) is 23.1 Å². The zero-order valence-electron chi connectivity index (χ0n) is 18.2. The molecule has 0 saturated carbocycles. The lowest BCUT2D eigenvalue weighted by Crippen LogP contribution is -2.45. The molecular formula is C28H28FNO2. The van der Waals surface area contributed by atoms with E-state index in [1.165, 1.54) is 23.3 Å². The SMILES string of the molecule is O=C(CCCN1CCC2(CC1)c1ccccc1OC2c1ccccc1)c1ccc(F)cc1. The first-order valence-corrected chi connectivity index (χ1v) is 11.5. The molecule has 0 aliphatic carbocycles. The van der Waals surface area contributed by atoms with E-state index >= 15 is 0 Å². The molecule has 1 saturated heterocycles. The minimum atomic E-state index is -0.310. The number of hydrogen-bond acceptors (Lipinski definition) is 3. The van der Waals surface area contributed by atoms with Crippen molar-refractivity contribution in [2.75, 3.05) is 19.6 Å². The summed E-state index contributed by atoms with van der Waals surface area (Å²) < 4.78 is 19.6. The fraction of sp³-hybridized carbons (Fsp3) is 0.321. The van der Waals surface area contributed by atoms with Crippen LogP contribution in [0.2, 0.25) is 0 Å². The molecule has 1 fully saturated rings. The van der Waals surface area contributed by atoms with Gasteiger partial charge in [-0.25, -0.2) is 4.39 Å². The predicted molar refractivity (Wildman–Crippen MR) is 124 cm³/mol. The molecule has 3 aromatic rings. The van der Waals surface area contributed by atoms with Crippen molar-refractivity contribution in [2.45, 2.75) is 37.2 Å². The average molecular weight is 430 g/mol. The minimum absolute atomic E-state index is 0.00161. The van der Waals surface area contributed by atoms with E-state index in [1.807, 2.05) is 12.1 Å². The molecule has 0 amide bonds. The molecule has 164 valence electrons. The van der Waals surface area contributed by atoms with E-state index < -0.39 is 0 Å². The first kappa shape index (κ1) is 20.9. The van der Waals surface area contributed by atoms with Crippen LogP contribution in [0.4, 0.5) is 4.39 Å². The van der Waals surface area contributed by atoms with Gasteiger partial charge in [0.25, 0.3) is 0 Å². The van der Waals surface area contributed by atoms with Crippen LogP contribution in [0, 0.1) is 5.82 Å². The van der Waals surface area contributed by atoms with Crippen LogP contribution in [0.25, 0.3) is 0 Å². The summed E-state index contributed by atoms with van der Waals surface area (Å²) >= 11 is 0. The Morgan fingerprint density at radius 2 is 1.62 bits per heavy atom. The third-order valence-electron chi connectivity index (χ3n) is 7.07. The highest BCUT2D eigenvalue weighted by Gasteiger charge is 2.50. The van der Waals surface area contributed by atoms with Crippen molar-refractivity contribution < 1.29 is 13.9 Å². The molecule has 0 N–H and O–H groups in total. The Morgan fingerprint density at radius 3 is 2.38 bits per heavy atom. The second-order valence-corrected chi connectivity index (χ2v) is 8.94. The fourth-order valence-electron chi connectivity index (χ4n) is 5.33. The molecule has 2 aliphatic heterocycles. The van der Waals surface area contributed by atoms with Crippen LogP contribution in [-0.4, -0.2) is 30.3 Å². The van der Waals surface area contributed by atoms with E-state index in [0.717, 1.165) is 44.6 Å². The highest BCUT2D eigenvalue weighted by Crippen LogP contribution is 2.55. The Kier molecular flexibility index (Phi) is 5.79. The molecule has 3 aromatic carbocycles. The van der Waals surface area contributed by atoms with Gasteiger partial charge in [0.2, 0.25) is 0 Å². The maximum Gasteiger partial charge on any atom is 0.162 e. The van der Waals surface area contributed by atoms with Gasteiger partial charge >= 0.3 is 0 Å². The molecule has 5 rings (SSSR count). The number of ether oxygens (including phenoxy) is 1. The number of piperidine rings is 1. The molecule has 2 heterocycles. The number of benzene rings is 3. The van der Waals surface area contributed by atoms with Crippen molar-refractivity contribution in [2.24, 2.45) is 0 Å². The lowest BCUT2D eigenvalue weighted by atomic mass is 9.68. The lowest BCUT2D eigenvalue weighted by Gasteiger charge is -2.42. The standard InChI is InChI=1S/C28H28FNO2/c29-23-14-12-21(13-15-23)25(31)10-6-18-30-19-16-28(17-20-30)24-9-4-5-11-26(24)32-27(28)22-7-2-1-3-8-22/h1-5,7-9,11-15,27H,6,10,16-20H2. The van der Waals surface area contributed by atoms with Crippen molar-refractivity contribution in [1.29, 1.82) is 0 Å². The number of hydrogen-bond donors (Lipinski definition) is 0. The average Bonchev–Trinajstić information content (AvgIpc) is 3.15. The number of rotatable bonds is 6. The Balaban J connectivity index is 1.23. The van der Waals surface area contributed by atoms with E-state index in [2.05, 4.69) is 47.4 Å². The van der Waals surface area contributed by atoms with Crippen LogP contribution >= 0.6 is 0 Å². The van der Waals surface area contributed by atoms with E-state index in [9.17, 15) is 9.18 Å². The Bertz CT molecular complexity index is 1070. The molecule has 1 unspecified atom stereocenters. The van der Waals surface area contributed by atoms with Crippen LogP contribution < -0.4 is 4.74 Å². The number of nitrogens with zero attached hydrogens (tertiary/aromatic N) is 1. The van der Waals surface area contributed by atoms with Crippen molar-refractivity contribution in [3.8, 4) is 5.75 Å². The third kappa shape index (κ3) is 3.95. The van der Waals surface area contributed by atoms with Gasteiger partial charge in [-0.3, -0.25) is 4.79 Å².